The fourth-order valence-corrected chi connectivity index (χ4v) is 2.32. The van der Waals surface area contributed by atoms with Crippen molar-refractivity contribution in [3.05, 3.63) is 29.8 Å². The summed E-state index contributed by atoms with van der Waals surface area (Å²) in [5.41, 5.74) is 2.99. The van der Waals surface area contributed by atoms with Crippen molar-refractivity contribution >= 4 is 5.69 Å². The van der Waals surface area contributed by atoms with Crippen LogP contribution in [0.15, 0.2) is 24.3 Å². The SMILES string of the molecule is CCNCC(C)(CC)CN(CC)c1ccc(C)cc1. The van der Waals surface area contributed by atoms with Gasteiger partial charge in [0.05, 0.1) is 0 Å². The third-order valence-corrected chi connectivity index (χ3v) is 4.01. The molecule has 0 spiro atoms. The van der Waals surface area contributed by atoms with E-state index in [1.165, 1.54) is 17.7 Å². The smallest absolute Gasteiger partial charge is 0.0366 e. The highest BCUT2D eigenvalue weighted by Gasteiger charge is 2.24. The molecule has 1 rings (SSSR count). The quantitative estimate of drug-likeness (QED) is 0.765. The average Bonchev–Trinajstić information content (AvgIpc) is 2.44. The maximum atomic E-state index is 3.50. The van der Waals surface area contributed by atoms with Gasteiger partial charge in [0.25, 0.3) is 0 Å². The van der Waals surface area contributed by atoms with Crippen LogP contribution in [-0.4, -0.2) is 26.2 Å². The standard InChI is InChI=1S/C17H30N2/c1-6-17(5,13-18-7-2)14-19(8-3)16-11-9-15(4)10-12-16/h9-12,18H,6-8,13-14H2,1-5H3. The normalized spacial score (nSPS) is 14.2. The number of nitrogens with one attached hydrogen (secondary N) is 1. The van der Waals surface area contributed by atoms with Gasteiger partial charge in [-0.15, -0.1) is 0 Å². The molecule has 1 unspecified atom stereocenters. The van der Waals surface area contributed by atoms with Gasteiger partial charge in [-0.05, 0) is 44.4 Å². The summed E-state index contributed by atoms with van der Waals surface area (Å²) in [5.74, 6) is 0. The summed E-state index contributed by atoms with van der Waals surface area (Å²) in [6, 6.07) is 8.88. The van der Waals surface area contributed by atoms with Crippen LogP contribution in [0.3, 0.4) is 0 Å². The molecule has 0 amide bonds. The molecule has 2 nitrogen and oxygen atoms in total. The Hall–Kier alpha value is -1.02. The first kappa shape index (κ1) is 16.0. The predicted octanol–water partition coefficient (Wildman–Crippen LogP) is 3.85. The van der Waals surface area contributed by atoms with Crippen molar-refractivity contribution in [1.29, 1.82) is 0 Å². The molecule has 0 aliphatic rings. The van der Waals surface area contributed by atoms with E-state index < -0.39 is 0 Å². The summed E-state index contributed by atoms with van der Waals surface area (Å²) in [6.45, 7) is 15.5. The van der Waals surface area contributed by atoms with Gasteiger partial charge in [-0.3, -0.25) is 0 Å². The second-order valence-corrected chi connectivity index (χ2v) is 5.79. The molecule has 0 radical (unpaired) electrons. The van der Waals surface area contributed by atoms with E-state index in [0.717, 1.165) is 26.2 Å². The minimum Gasteiger partial charge on any atom is -0.371 e. The highest BCUT2D eigenvalue weighted by atomic mass is 15.1. The third kappa shape index (κ3) is 4.87. The van der Waals surface area contributed by atoms with Crippen LogP contribution in [0.2, 0.25) is 0 Å². The van der Waals surface area contributed by atoms with E-state index >= 15 is 0 Å². The van der Waals surface area contributed by atoms with E-state index in [-0.39, 0.29) is 0 Å². The second kappa shape index (κ2) is 7.54. The molecule has 1 aromatic rings. The lowest BCUT2D eigenvalue weighted by molar-refractivity contribution is 0.298. The summed E-state index contributed by atoms with van der Waals surface area (Å²) >= 11 is 0. The molecule has 19 heavy (non-hydrogen) atoms. The van der Waals surface area contributed by atoms with Crippen molar-refractivity contribution in [1.82, 2.24) is 5.32 Å². The Morgan fingerprint density at radius 3 is 2.21 bits per heavy atom. The Morgan fingerprint density at radius 2 is 1.74 bits per heavy atom. The number of nitrogens with zero attached hydrogens (tertiary/aromatic N) is 1. The van der Waals surface area contributed by atoms with Gasteiger partial charge in [0.2, 0.25) is 0 Å². The molecule has 0 heterocycles. The van der Waals surface area contributed by atoms with Crippen LogP contribution >= 0.6 is 0 Å². The van der Waals surface area contributed by atoms with Crippen LogP contribution < -0.4 is 10.2 Å². The van der Waals surface area contributed by atoms with Crippen molar-refractivity contribution in [2.45, 2.75) is 41.0 Å². The number of hydrogen-bond acceptors (Lipinski definition) is 2. The summed E-state index contributed by atoms with van der Waals surface area (Å²) in [5, 5.41) is 3.50. The van der Waals surface area contributed by atoms with Crippen molar-refractivity contribution in [3.63, 3.8) is 0 Å². The predicted molar refractivity (Wildman–Crippen MR) is 86.0 cm³/mol. The highest BCUT2D eigenvalue weighted by molar-refractivity contribution is 5.47. The Bertz CT molecular complexity index is 358. The largest absolute Gasteiger partial charge is 0.371 e. The Morgan fingerprint density at radius 1 is 1.11 bits per heavy atom. The third-order valence-electron chi connectivity index (χ3n) is 4.01. The van der Waals surface area contributed by atoms with Crippen molar-refractivity contribution < 1.29 is 0 Å². The molecule has 0 saturated carbocycles. The van der Waals surface area contributed by atoms with Crippen LogP contribution in [0.25, 0.3) is 0 Å². The van der Waals surface area contributed by atoms with Crippen molar-refractivity contribution in [2.24, 2.45) is 5.41 Å². The van der Waals surface area contributed by atoms with Crippen LogP contribution in [0.5, 0.6) is 0 Å². The summed E-state index contributed by atoms with van der Waals surface area (Å²) < 4.78 is 0. The Labute approximate surface area is 119 Å². The number of anilines is 1. The minimum absolute atomic E-state index is 0.330. The van der Waals surface area contributed by atoms with Gasteiger partial charge in [-0.25, -0.2) is 0 Å². The lowest BCUT2D eigenvalue weighted by Crippen LogP contribution is -2.42. The topological polar surface area (TPSA) is 15.3 Å². The maximum Gasteiger partial charge on any atom is 0.0366 e. The van der Waals surface area contributed by atoms with Gasteiger partial charge in [0.1, 0.15) is 0 Å². The fourth-order valence-electron chi connectivity index (χ4n) is 2.32. The number of benzene rings is 1. The molecule has 2 heteroatoms. The fraction of sp³-hybridized carbons (Fsp3) is 0.647. The first-order chi connectivity index (χ1) is 9.04. The lowest BCUT2D eigenvalue weighted by atomic mass is 9.86. The molecular weight excluding hydrogens is 232 g/mol. The van der Waals surface area contributed by atoms with Gasteiger partial charge >= 0.3 is 0 Å². The number of rotatable bonds is 8. The van der Waals surface area contributed by atoms with Crippen LogP contribution in [-0.2, 0) is 0 Å². The Balaban J connectivity index is 2.76. The molecule has 0 aliphatic carbocycles. The maximum absolute atomic E-state index is 3.50. The van der Waals surface area contributed by atoms with E-state index in [1.807, 2.05) is 0 Å². The first-order valence-corrected chi connectivity index (χ1v) is 7.57. The van der Waals surface area contributed by atoms with Crippen LogP contribution in [0.1, 0.15) is 39.7 Å². The van der Waals surface area contributed by atoms with E-state index in [0.29, 0.717) is 5.41 Å². The lowest BCUT2D eigenvalue weighted by Gasteiger charge is -2.36. The monoisotopic (exact) mass is 262 g/mol. The zero-order valence-electron chi connectivity index (χ0n) is 13.3. The van der Waals surface area contributed by atoms with Gasteiger partial charge in [-0.2, -0.15) is 0 Å². The highest BCUT2D eigenvalue weighted by Crippen LogP contribution is 2.25. The summed E-state index contributed by atoms with van der Waals surface area (Å²) in [7, 11) is 0. The van der Waals surface area contributed by atoms with E-state index in [9.17, 15) is 0 Å². The van der Waals surface area contributed by atoms with E-state index in [1.54, 1.807) is 0 Å². The first-order valence-electron chi connectivity index (χ1n) is 7.57. The zero-order valence-corrected chi connectivity index (χ0v) is 13.3. The van der Waals surface area contributed by atoms with Gasteiger partial charge in [0, 0.05) is 25.3 Å². The van der Waals surface area contributed by atoms with E-state index in [2.05, 4.69) is 69.1 Å². The molecule has 0 bridgehead atoms. The van der Waals surface area contributed by atoms with Gasteiger partial charge < -0.3 is 10.2 Å². The molecule has 0 aromatic heterocycles. The summed E-state index contributed by atoms with van der Waals surface area (Å²) in [6.07, 6.45) is 1.20. The molecule has 1 N–H and O–H groups in total. The van der Waals surface area contributed by atoms with Crippen LogP contribution in [0.4, 0.5) is 5.69 Å². The molecule has 1 atom stereocenters. The molecule has 0 fully saturated rings. The van der Waals surface area contributed by atoms with E-state index in [4.69, 9.17) is 0 Å². The molecule has 1 aromatic carbocycles. The number of aryl methyl sites for hydroxylation is 1. The van der Waals surface area contributed by atoms with Crippen LogP contribution in [0, 0.1) is 12.3 Å². The van der Waals surface area contributed by atoms with Gasteiger partial charge in [-0.1, -0.05) is 38.5 Å². The number of hydrogen-bond donors (Lipinski definition) is 1. The molecule has 0 aliphatic heterocycles. The summed E-state index contributed by atoms with van der Waals surface area (Å²) in [4.78, 5) is 2.49. The molecule has 108 valence electrons. The average molecular weight is 262 g/mol. The second-order valence-electron chi connectivity index (χ2n) is 5.79. The van der Waals surface area contributed by atoms with Crippen molar-refractivity contribution in [3.8, 4) is 0 Å². The minimum atomic E-state index is 0.330. The molecular formula is C17H30N2. The molecule has 0 saturated heterocycles. The van der Waals surface area contributed by atoms with Crippen molar-refractivity contribution in [2.75, 3.05) is 31.1 Å². The zero-order chi connectivity index (χ0) is 14.3. The van der Waals surface area contributed by atoms with Gasteiger partial charge in [0.15, 0.2) is 0 Å². The Kier molecular flexibility index (Phi) is 6.36.